The summed E-state index contributed by atoms with van der Waals surface area (Å²) in [7, 11) is 0. The summed E-state index contributed by atoms with van der Waals surface area (Å²) in [6.45, 7) is 5.18. The molecule has 0 atom stereocenters. The molecule has 0 aliphatic carbocycles. The first-order chi connectivity index (χ1) is 5.85. The predicted octanol–water partition coefficient (Wildman–Crippen LogP) is 3.25. The summed E-state index contributed by atoms with van der Waals surface area (Å²) >= 11 is 0. The van der Waals surface area contributed by atoms with Crippen molar-refractivity contribution >= 4 is 0 Å². The van der Waals surface area contributed by atoms with Gasteiger partial charge >= 0.3 is 0 Å². The zero-order chi connectivity index (χ0) is 9.23. The van der Waals surface area contributed by atoms with E-state index in [2.05, 4.69) is 19.9 Å². The standard InChI is InChI=1S/C11H23N/c1-3-5-7-11(9-10-12)8-6-4-2/h9H,3-8,10,12H2,1-2H3. The molecule has 0 saturated heterocycles. The fourth-order valence-corrected chi connectivity index (χ4v) is 1.30. The predicted molar refractivity (Wildman–Crippen MR) is 56.2 cm³/mol. The summed E-state index contributed by atoms with van der Waals surface area (Å²) in [4.78, 5) is 0. The van der Waals surface area contributed by atoms with Crippen LogP contribution in [-0.4, -0.2) is 6.54 Å². The third-order valence-electron chi connectivity index (χ3n) is 2.11. The van der Waals surface area contributed by atoms with Gasteiger partial charge in [0.25, 0.3) is 0 Å². The van der Waals surface area contributed by atoms with Crippen molar-refractivity contribution < 1.29 is 0 Å². The van der Waals surface area contributed by atoms with Crippen LogP contribution in [0.2, 0.25) is 0 Å². The second-order valence-corrected chi connectivity index (χ2v) is 3.31. The lowest BCUT2D eigenvalue weighted by molar-refractivity contribution is 0.710. The number of hydrogen-bond donors (Lipinski definition) is 1. The van der Waals surface area contributed by atoms with Crippen molar-refractivity contribution in [1.29, 1.82) is 0 Å². The summed E-state index contributed by atoms with van der Waals surface area (Å²) in [5.74, 6) is 0. The molecular weight excluding hydrogens is 146 g/mol. The van der Waals surface area contributed by atoms with E-state index in [9.17, 15) is 0 Å². The quantitative estimate of drug-likeness (QED) is 0.582. The molecule has 12 heavy (non-hydrogen) atoms. The molecule has 0 aromatic rings. The second kappa shape index (κ2) is 8.79. The topological polar surface area (TPSA) is 26.0 Å². The smallest absolute Gasteiger partial charge is 0.0109 e. The van der Waals surface area contributed by atoms with E-state index in [1.54, 1.807) is 5.57 Å². The average Bonchev–Trinajstić information content (AvgIpc) is 2.10. The largest absolute Gasteiger partial charge is 0.327 e. The van der Waals surface area contributed by atoms with Crippen LogP contribution in [0.5, 0.6) is 0 Å². The SMILES string of the molecule is CCCCC(=CCN)CCCC. The summed E-state index contributed by atoms with van der Waals surface area (Å²) < 4.78 is 0. The van der Waals surface area contributed by atoms with Crippen molar-refractivity contribution in [2.75, 3.05) is 6.54 Å². The van der Waals surface area contributed by atoms with Crippen LogP contribution in [0.4, 0.5) is 0 Å². The Morgan fingerprint density at radius 3 is 1.92 bits per heavy atom. The van der Waals surface area contributed by atoms with Crippen molar-refractivity contribution in [3.05, 3.63) is 11.6 Å². The van der Waals surface area contributed by atoms with Crippen LogP contribution in [0.25, 0.3) is 0 Å². The lowest BCUT2D eigenvalue weighted by Crippen LogP contribution is -1.96. The van der Waals surface area contributed by atoms with E-state index in [0.717, 1.165) is 0 Å². The Morgan fingerprint density at radius 1 is 1.08 bits per heavy atom. The highest BCUT2D eigenvalue weighted by Gasteiger charge is 1.95. The summed E-state index contributed by atoms with van der Waals surface area (Å²) in [5.41, 5.74) is 7.07. The zero-order valence-corrected chi connectivity index (χ0v) is 8.60. The molecule has 0 fully saturated rings. The third-order valence-corrected chi connectivity index (χ3v) is 2.11. The van der Waals surface area contributed by atoms with Gasteiger partial charge in [0.1, 0.15) is 0 Å². The van der Waals surface area contributed by atoms with Crippen LogP contribution in [-0.2, 0) is 0 Å². The van der Waals surface area contributed by atoms with E-state index in [1.165, 1.54) is 38.5 Å². The number of nitrogens with two attached hydrogens (primary N) is 1. The molecule has 1 nitrogen and oxygen atoms in total. The number of unbranched alkanes of at least 4 members (excludes halogenated alkanes) is 2. The molecule has 0 bridgehead atoms. The van der Waals surface area contributed by atoms with Gasteiger partial charge in [-0.25, -0.2) is 0 Å². The fraction of sp³-hybridized carbons (Fsp3) is 0.818. The van der Waals surface area contributed by atoms with Crippen LogP contribution in [0, 0.1) is 0 Å². The van der Waals surface area contributed by atoms with E-state index >= 15 is 0 Å². The molecule has 72 valence electrons. The second-order valence-electron chi connectivity index (χ2n) is 3.31. The Morgan fingerprint density at radius 2 is 1.58 bits per heavy atom. The van der Waals surface area contributed by atoms with Gasteiger partial charge in [0, 0.05) is 6.54 Å². The van der Waals surface area contributed by atoms with Crippen LogP contribution >= 0.6 is 0 Å². The number of rotatable bonds is 7. The van der Waals surface area contributed by atoms with Gasteiger partial charge in [-0.1, -0.05) is 38.3 Å². The maximum atomic E-state index is 5.50. The Bertz CT molecular complexity index is 106. The van der Waals surface area contributed by atoms with Gasteiger partial charge in [-0.2, -0.15) is 0 Å². The highest BCUT2D eigenvalue weighted by atomic mass is 14.5. The van der Waals surface area contributed by atoms with Gasteiger partial charge < -0.3 is 5.73 Å². The molecule has 0 amide bonds. The minimum atomic E-state index is 0.711. The van der Waals surface area contributed by atoms with Crippen molar-refractivity contribution in [3.8, 4) is 0 Å². The van der Waals surface area contributed by atoms with Crippen molar-refractivity contribution in [1.82, 2.24) is 0 Å². The Kier molecular flexibility index (Phi) is 8.57. The maximum absolute atomic E-state index is 5.50. The minimum absolute atomic E-state index is 0.711. The minimum Gasteiger partial charge on any atom is -0.327 e. The molecule has 0 unspecified atom stereocenters. The maximum Gasteiger partial charge on any atom is 0.0109 e. The first kappa shape index (κ1) is 11.7. The van der Waals surface area contributed by atoms with Crippen molar-refractivity contribution in [2.24, 2.45) is 5.73 Å². The molecule has 2 N–H and O–H groups in total. The van der Waals surface area contributed by atoms with Crippen molar-refractivity contribution in [3.63, 3.8) is 0 Å². The number of hydrogen-bond acceptors (Lipinski definition) is 1. The number of allylic oxidation sites excluding steroid dienone is 1. The highest BCUT2D eigenvalue weighted by molar-refractivity contribution is 5.02. The van der Waals surface area contributed by atoms with Crippen LogP contribution < -0.4 is 5.73 Å². The van der Waals surface area contributed by atoms with Gasteiger partial charge in [-0.15, -0.1) is 0 Å². The van der Waals surface area contributed by atoms with E-state index in [0.29, 0.717) is 6.54 Å². The van der Waals surface area contributed by atoms with E-state index < -0.39 is 0 Å². The highest BCUT2D eigenvalue weighted by Crippen LogP contribution is 2.14. The molecular formula is C11H23N. The monoisotopic (exact) mass is 169 g/mol. The summed E-state index contributed by atoms with van der Waals surface area (Å²) in [5, 5.41) is 0. The molecule has 0 aromatic heterocycles. The van der Waals surface area contributed by atoms with Crippen LogP contribution in [0.3, 0.4) is 0 Å². The van der Waals surface area contributed by atoms with Crippen molar-refractivity contribution in [2.45, 2.75) is 52.4 Å². The van der Waals surface area contributed by atoms with Gasteiger partial charge in [-0.3, -0.25) is 0 Å². The lowest BCUT2D eigenvalue weighted by atomic mass is 10.0. The molecule has 0 spiro atoms. The molecule has 1 heteroatoms. The molecule has 0 saturated carbocycles. The zero-order valence-electron chi connectivity index (χ0n) is 8.60. The Labute approximate surface area is 77.0 Å². The third kappa shape index (κ3) is 6.41. The molecule has 0 radical (unpaired) electrons. The molecule has 0 rings (SSSR count). The molecule has 0 heterocycles. The van der Waals surface area contributed by atoms with Crippen LogP contribution in [0.15, 0.2) is 11.6 Å². The van der Waals surface area contributed by atoms with E-state index in [4.69, 9.17) is 5.73 Å². The lowest BCUT2D eigenvalue weighted by Gasteiger charge is -2.05. The average molecular weight is 169 g/mol. The molecule has 0 aliphatic rings. The van der Waals surface area contributed by atoms with Gasteiger partial charge in [0.05, 0.1) is 0 Å². The van der Waals surface area contributed by atoms with Crippen LogP contribution in [0.1, 0.15) is 52.4 Å². The normalized spacial score (nSPS) is 9.92. The summed E-state index contributed by atoms with van der Waals surface area (Å²) in [6, 6.07) is 0. The Hall–Kier alpha value is -0.300. The fourth-order valence-electron chi connectivity index (χ4n) is 1.30. The van der Waals surface area contributed by atoms with E-state index in [1.807, 2.05) is 0 Å². The molecule has 0 aliphatic heterocycles. The first-order valence-electron chi connectivity index (χ1n) is 5.23. The van der Waals surface area contributed by atoms with E-state index in [-0.39, 0.29) is 0 Å². The first-order valence-corrected chi connectivity index (χ1v) is 5.23. The van der Waals surface area contributed by atoms with Gasteiger partial charge in [0.2, 0.25) is 0 Å². The summed E-state index contributed by atoms with van der Waals surface area (Å²) in [6.07, 6.45) is 9.92. The van der Waals surface area contributed by atoms with Gasteiger partial charge in [-0.05, 0) is 25.7 Å². The molecule has 0 aromatic carbocycles. The Balaban J connectivity index is 3.62. The van der Waals surface area contributed by atoms with Gasteiger partial charge in [0.15, 0.2) is 0 Å².